The zero-order valence-corrected chi connectivity index (χ0v) is 11.2. The Hall–Kier alpha value is -1.38. The molecule has 1 atom stereocenters. The van der Waals surface area contributed by atoms with Gasteiger partial charge in [0.2, 0.25) is 0 Å². The van der Waals surface area contributed by atoms with E-state index < -0.39 is 0 Å². The number of pyridine rings is 1. The van der Waals surface area contributed by atoms with E-state index in [1.807, 2.05) is 19.2 Å². The van der Waals surface area contributed by atoms with Crippen LogP contribution in [0, 0.1) is 0 Å². The van der Waals surface area contributed by atoms with Crippen LogP contribution in [0.5, 0.6) is 0 Å². The minimum atomic E-state index is 0.357. The second kappa shape index (κ2) is 6.53. The predicted molar refractivity (Wildman–Crippen MR) is 75.8 cm³/mol. The first-order valence-corrected chi connectivity index (χ1v) is 6.49. The van der Waals surface area contributed by atoms with Gasteiger partial charge in [-0.05, 0) is 37.1 Å². The van der Waals surface area contributed by atoms with Gasteiger partial charge in [0, 0.05) is 18.4 Å². The number of hydrogen-bond donors (Lipinski definition) is 1. The van der Waals surface area contributed by atoms with Gasteiger partial charge in [-0.1, -0.05) is 41.9 Å². The highest BCUT2D eigenvalue weighted by molar-refractivity contribution is 6.31. The summed E-state index contributed by atoms with van der Waals surface area (Å²) in [6.45, 7) is 0. The molecule has 18 heavy (non-hydrogen) atoms. The Morgan fingerprint density at radius 1 is 1.22 bits per heavy atom. The molecule has 1 unspecified atom stereocenters. The Morgan fingerprint density at radius 3 is 2.67 bits per heavy atom. The molecule has 0 aliphatic rings. The van der Waals surface area contributed by atoms with Crippen LogP contribution in [0.2, 0.25) is 5.02 Å². The maximum Gasteiger partial charge on any atom is 0.0621 e. The summed E-state index contributed by atoms with van der Waals surface area (Å²) in [5.41, 5.74) is 2.47. The van der Waals surface area contributed by atoms with Gasteiger partial charge in [-0.3, -0.25) is 4.98 Å². The van der Waals surface area contributed by atoms with Crippen LogP contribution in [-0.4, -0.2) is 12.0 Å². The molecule has 0 saturated heterocycles. The number of aromatic nitrogens is 1. The van der Waals surface area contributed by atoms with Crippen molar-refractivity contribution < 1.29 is 0 Å². The molecule has 0 spiro atoms. The van der Waals surface area contributed by atoms with E-state index in [1.54, 1.807) is 12.4 Å². The highest BCUT2D eigenvalue weighted by Gasteiger charge is 2.09. The third-order valence-electron chi connectivity index (χ3n) is 3.11. The summed E-state index contributed by atoms with van der Waals surface area (Å²) in [5.74, 6) is 0. The van der Waals surface area contributed by atoms with Gasteiger partial charge in [-0.15, -0.1) is 0 Å². The van der Waals surface area contributed by atoms with Crippen molar-refractivity contribution >= 4 is 11.6 Å². The van der Waals surface area contributed by atoms with E-state index in [2.05, 4.69) is 34.6 Å². The molecule has 2 aromatic rings. The summed E-state index contributed by atoms with van der Waals surface area (Å²) in [5, 5.41) is 4.10. The fraction of sp³-hybridized carbons (Fsp3) is 0.267. The van der Waals surface area contributed by atoms with Gasteiger partial charge < -0.3 is 5.32 Å². The van der Waals surface area contributed by atoms with Crippen LogP contribution in [0.15, 0.2) is 48.8 Å². The quantitative estimate of drug-likeness (QED) is 0.888. The van der Waals surface area contributed by atoms with Crippen molar-refractivity contribution in [2.24, 2.45) is 0 Å². The Balaban J connectivity index is 2.02. The van der Waals surface area contributed by atoms with E-state index in [4.69, 9.17) is 11.6 Å². The Labute approximate surface area is 113 Å². The molecule has 1 N–H and O–H groups in total. The van der Waals surface area contributed by atoms with Crippen LogP contribution in [0.25, 0.3) is 0 Å². The molecule has 0 aliphatic carbocycles. The summed E-state index contributed by atoms with van der Waals surface area (Å²) in [6.07, 6.45) is 5.46. The zero-order chi connectivity index (χ0) is 12.8. The highest BCUT2D eigenvalue weighted by atomic mass is 35.5. The molecule has 94 valence electrons. The van der Waals surface area contributed by atoms with E-state index in [1.165, 1.54) is 5.56 Å². The fourth-order valence-corrected chi connectivity index (χ4v) is 2.28. The third-order valence-corrected chi connectivity index (χ3v) is 3.45. The highest BCUT2D eigenvalue weighted by Crippen LogP contribution is 2.21. The number of nitrogens with zero attached hydrogens (tertiary/aromatic N) is 1. The maximum atomic E-state index is 6.11. The summed E-state index contributed by atoms with van der Waals surface area (Å²) in [4.78, 5) is 4.00. The van der Waals surface area contributed by atoms with Crippen molar-refractivity contribution in [3.63, 3.8) is 0 Å². The van der Waals surface area contributed by atoms with Gasteiger partial charge in [-0.2, -0.15) is 0 Å². The fourth-order valence-electron chi connectivity index (χ4n) is 2.07. The largest absolute Gasteiger partial charge is 0.313 e. The molecular formula is C15H17ClN2. The van der Waals surface area contributed by atoms with Crippen molar-refractivity contribution in [3.05, 3.63) is 64.9 Å². The average molecular weight is 261 g/mol. The first-order valence-electron chi connectivity index (χ1n) is 6.12. The van der Waals surface area contributed by atoms with Crippen molar-refractivity contribution in [1.29, 1.82) is 0 Å². The lowest BCUT2D eigenvalue weighted by molar-refractivity contribution is 0.549. The van der Waals surface area contributed by atoms with E-state index in [0.717, 1.165) is 23.4 Å². The maximum absolute atomic E-state index is 6.11. The molecule has 1 heterocycles. The summed E-state index contributed by atoms with van der Waals surface area (Å²) in [7, 11) is 1.99. The minimum Gasteiger partial charge on any atom is -0.313 e. The molecule has 0 aliphatic heterocycles. The molecule has 0 amide bonds. The molecule has 1 aromatic carbocycles. The predicted octanol–water partition coefficient (Wildman–Crippen LogP) is 3.63. The molecule has 3 heteroatoms. The average Bonchev–Trinajstić information content (AvgIpc) is 2.42. The second-order valence-corrected chi connectivity index (χ2v) is 4.66. The first kappa shape index (κ1) is 13.1. The smallest absolute Gasteiger partial charge is 0.0621 e. The molecular weight excluding hydrogens is 244 g/mol. The number of nitrogens with one attached hydrogen (secondary N) is 1. The van der Waals surface area contributed by atoms with Crippen LogP contribution >= 0.6 is 11.6 Å². The van der Waals surface area contributed by atoms with Crippen molar-refractivity contribution in [3.8, 4) is 0 Å². The zero-order valence-electron chi connectivity index (χ0n) is 10.4. The van der Waals surface area contributed by atoms with Gasteiger partial charge in [0.15, 0.2) is 0 Å². The Morgan fingerprint density at radius 2 is 2.00 bits per heavy atom. The lowest BCUT2D eigenvalue weighted by Gasteiger charge is -2.16. The molecule has 0 radical (unpaired) electrons. The summed E-state index contributed by atoms with van der Waals surface area (Å²) < 4.78 is 0. The molecule has 0 bridgehead atoms. The van der Waals surface area contributed by atoms with Gasteiger partial charge in [0.1, 0.15) is 0 Å². The summed E-state index contributed by atoms with van der Waals surface area (Å²) in [6, 6.07) is 12.8. The first-order chi connectivity index (χ1) is 8.81. The molecule has 2 rings (SSSR count). The topological polar surface area (TPSA) is 24.9 Å². The van der Waals surface area contributed by atoms with Crippen molar-refractivity contribution in [2.75, 3.05) is 7.05 Å². The van der Waals surface area contributed by atoms with Gasteiger partial charge in [0.05, 0.1) is 5.02 Å². The minimum absolute atomic E-state index is 0.357. The van der Waals surface area contributed by atoms with Gasteiger partial charge >= 0.3 is 0 Å². The second-order valence-electron chi connectivity index (χ2n) is 4.26. The summed E-state index contributed by atoms with van der Waals surface area (Å²) >= 11 is 6.11. The van der Waals surface area contributed by atoms with E-state index in [-0.39, 0.29) is 0 Å². The lowest BCUT2D eigenvalue weighted by atomic mass is 9.99. The normalized spacial score (nSPS) is 12.3. The van der Waals surface area contributed by atoms with Crippen LogP contribution in [0.4, 0.5) is 0 Å². The lowest BCUT2D eigenvalue weighted by Crippen LogP contribution is -2.17. The molecule has 0 saturated carbocycles. The van der Waals surface area contributed by atoms with Gasteiger partial charge in [0.25, 0.3) is 0 Å². The number of halogens is 1. The van der Waals surface area contributed by atoms with E-state index in [9.17, 15) is 0 Å². The van der Waals surface area contributed by atoms with Gasteiger partial charge in [-0.25, -0.2) is 0 Å². The molecule has 0 fully saturated rings. The third kappa shape index (κ3) is 3.31. The number of benzene rings is 1. The molecule has 1 aromatic heterocycles. The number of rotatable bonds is 5. The van der Waals surface area contributed by atoms with Crippen LogP contribution in [0.1, 0.15) is 23.6 Å². The Bertz CT molecular complexity index is 485. The SMILES string of the molecule is CNC(CCc1ccncc1Cl)c1ccccc1. The number of hydrogen-bond acceptors (Lipinski definition) is 2. The van der Waals surface area contributed by atoms with Crippen molar-refractivity contribution in [1.82, 2.24) is 10.3 Å². The number of aryl methyl sites for hydroxylation is 1. The van der Waals surface area contributed by atoms with Crippen LogP contribution in [-0.2, 0) is 6.42 Å². The van der Waals surface area contributed by atoms with E-state index in [0.29, 0.717) is 6.04 Å². The van der Waals surface area contributed by atoms with Crippen molar-refractivity contribution in [2.45, 2.75) is 18.9 Å². The van der Waals surface area contributed by atoms with E-state index >= 15 is 0 Å². The van der Waals surface area contributed by atoms with Crippen LogP contribution in [0.3, 0.4) is 0 Å². The van der Waals surface area contributed by atoms with Crippen LogP contribution < -0.4 is 5.32 Å². The molecule has 2 nitrogen and oxygen atoms in total. The Kier molecular flexibility index (Phi) is 4.73. The monoisotopic (exact) mass is 260 g/mol. The standard InChI is InChI=1S/C15H17ClN2/c1-17-15(13-5-3-2-4-6-13)8-7-12-9-10-18-11-14(12)16/h2-6,9-11,15,17H,7-8H2,1H3.